The molecular weight excluding hydrogens is 314 g/mol. The van der Waals surface area contributed by atoms with Gasteiger partial charge in [0, 0.05) is 17.3 Å². The normalized spacial score (nSPS) is 11.3. The zero-order chi connectivity index (χ0) is 15.1. The van der Waals surface area contributed by atoms with Crippen LogP contribution in [0.2, 0.25) is 0 Å². The summed E-state index contributed by atoms with van der Waals surface area (Å²) in [5, 5.41) is 1.87. The lowest BCUT2D eigenvalue weighted by molar-refractivity contribution is 0.108. The molecule has 0 spiro atoms. The molecule has 2 nitrogen and oxygen atoms in total. The number of thiophene rings is 1. The van der Waals surface area contributed by atoms with Crippen molar-refractivity contribution in [3.05, 3.63) is 71.1 Å². The number of carbonyl (C=O) groups is 1. The number of carbonyl (C=O) groups excluding carboxylic acids is 1. The molecule has 0 fully saturated rings. The van der Waals surface area contributed by atoms with Gasteiger partial charge in [0.25, 0.3) is 5.24 Å². The standard InChI is InChI=1S/C18H12ClNOS/c19-17(21)16-10-14-13-8-4-5-9-15(13)20(18(14)22-16)11-12-6-2-1-3-7-12/h1-10H,11H2. The summed E-state index contributed by atoms with van der Waals surface area (Å²) in [7, 11) is 0. The smallest absolute Gasteiger partial charge is 0.262 e. The molecule has 0 N–H and O–H groups in total. The summed E-state index contributed by atoms with van der Waals surface area (Å²) in [5.74, 6) is 0. The maximum Gasteiger partial charge on any atom is 0.262 e. The van der Waals surface area contributed by atoms with E-state index < -0.39 is 5.24 Å². The third-order valence-electron chi connectivity index (χ3n) is 3.82. The summed E-state index contributed by atoms with van der Waals surface area (Å²) in [6.07, 6.45) is 0. The highest BCUT2D eigenvalue weighted by molar-refractivity contribution is 7.22. The molecule has 0 unspecified atom stereocenters. The highest BCUT2D eigenvalue weighted by atomic mass is 35.5. The van der Waals surface area contributed by atoms with Crippen molar-refractivity contribution >= 4 is 49.3 Å². The van der Waals surface area contributed by atoms with Gasteiger partial charge >= 0.3 is 0 Å². The molecule has 0 saturated carbocycles. The van der Waals surface area contributed by atoms with Gasteiger partial charge in [0.15, 0.2) is 0 Å². The van der Waals surface area contributed by atoms with Crippen molar-refractivity contribution in [3.8, 4) is 0 Å². The van der Waals surface area contributed by atoms with Crippen LogP contribution < -0.4 is 0 Å². The Morgan fingerprint density at radius 2 is 1.73 bits per heavy atom. The number of hydrogen-bond acceptors (Lipinski definition) is 2. The summed E-state index contributed by atoms with van der Waals surface area (Å²) in [6, 6.07) is 20.5. The summed E-state index contributed by atoms with van der Waals surface area (Å²) in [4.78, 5) is 13.2. The summed E-state index contributed by atoms with van der Waals surface area (Å²) in [5.41, 5.74) is 2.42. The molecule has 4 heteroatoms. The molecule has 0 radical (unpaired) electrons. The number of benzene rings is 2. The summed E-state index contributed by atoms with van der Waals surface area (Å²) >= 11 is 7.12. The van der Waals surface area contributed by atoms with Crippen LogP contribution in [0.15, 0.2) is 60.7 Å². The Hall–Kier alpha value is -2.10. The van der Waals surface area contributed by atoms with Crippen LogP contribution in [0.5, 0.6) is 0 Å². The second-order valence-corrected chi connectivity index (χ2v) is 6.57. The predicted octanol–water partition coefficient (Wildman–Crippen LogP) is 5.28. The number of aromatic nitrogens is 1. The lowest BCUT2D eigenvalue weighted by Crippen LogP contribution is -1.98. The topological polar surface area (TPSA) is 22.0 Å². The number of halogens is 1. The van der Waals surface area contributed by atoms with Crippen LogP contribution in [-0.4, -0.2) is 9.81 Å². The molecule has 0 aliphatic carbocycles. The zero-order valence-electron chi connectivity index (χ0n) is 11.6. The molecule has 0 atom stereocenters. The molecule has 0 aliphatic heterocycles. The van der Waals surface area contributed by atoms with Crippen molar-refractivity contribution in [2.45, 2.75) is 6.54 Å². The molecule has 108 valence electrons. The van der Waals surface area contributed by atoms with E-state index in [4.69, 9.17) is 11.6 Å². The maximum absolute atomic E-state index is 11.5. The Kier molecular flexibility index (Phi) is 3.25. The van der Waals surface area contributed by atoms with Gasteiger partial charge in [-0.3, -0.25) is 4.79 Å². The Balaban J connectivity index is 1.98. The highest BCUT2D eigenvalue weighted by Crippen LogP contribution is 2.36. The van der Waals surface area contributed by atoms with E-state index in [1.54, 1.807) is 0 Å². The molecular formula is C18H12ClNOS. The van der Waals surface area contributed by atoms with Crippen molar-refractivity contribution in [1.29, 1.82) is 0 Å². The predicted molar refractivity (Wildman–Crippen MR) is 93.0 cm³/mol. The largest absolute Gasteiger partial charge is 0.328 e. The van der Waals surface area contributed by atoms with Crippen LogP contribution in [0.25, 0.3) is 21.1 Å². The lowest BCUT2D eigenvalue weighted by Gasteiger charge is -2.06. The molecule has 0 aliphatic rings. The fourth-order valence-electron chi connectivity index (χ4n) is 2.84. The molecule has 0 bridgehead atoms. The lowest BCUT2D eigenvalue weighted by atomic mass is 10.2. The van der Waals surface area contributed by atoms with E-state index in [-0.39, 0.29) is 0 Å². The Labute approximate surface area is 136 Å². The Morgan fingerprint density at radius 1 is 1.00 bits per heavy atom. The number of para-hydroxylation sites is 1. The van der Waals surface area contributed by atoms with Crippen molar-refractivity contribution in [2.24, 2.45) is 0 Å². The molecule has 2 heterocycles. The van der Waals surface area contributed by atoms with E-state index in [2.05, 4.69) is 28.8 Å². The Morgan fingerprint density at radius 3 is 2.50 bits per heavy atom. The van der Waals surface area contributed by atoms with Crippen LogP contribution in [-0.2, 0) is 6.54 Å². The minimum absolute atomic E-state index is 0.392. The first-order chi connectivity index (χ1) is 10.7. The summed E-state index contributed by atoms with van der Waals surface area (Å²) in [6.45, 7) is 0.779. The van der Waals surface area contributed by atoms with Gasteiger partial charge in [0.1, 0.15) is 4.83 Å². The highest BCUT2D eigenvalue weighted by Gasteiger charge is 2.16. The number of rotatable bonds is 3. The van der Waals surface area contributed by atoms with Crippen molar-refractivity contribution in [1.82, 2.24) is 4.57 Å². The monoisotopic (exact) mass is 325 g/mol. The van der Waals surface area contributed by atoms with Gasteiger partial charge in [-0.1, -0.05) is 48.5 Å². The average Bonchev–Trinajstić information content (AvgIpc) is 3.08. The van der Waals surface area contributed by atoms with Gasteiger partial charge < -0.3 is 4.57 Å². The Bertz CT molecular complexity index is 984. The van der Waals surface area contributed by atoms with Crippen molar-refractivity contribution in [3.63, 3.8) is 0 Å². The van der Waals surface area contributed by atoms with Crippen molar-refractivity contribution in [2.75, 3.05) is 0 Å². The second kappa shape index (κ2) is 5.27. The molecule has 2 aromatic carbocycles. The SMILES string of the molecule is O=C(Cl)c1cc2c3ccccc3n(Cc3ccccc3)c2s1. The second-order valence-electron chi connectivity index (χ2n) is 5.19. The van der Waals surface area contributed by atoms with Gasteiger partial charge in [0.2, 0.25) is 0 Å². The molecule has 4 rings (SSSR count). The third-order valence-corrected chi connectivity index (χ3v) is 5.29. The van der Waals surface area contributed by atoms with E-state index in [1.165, 1.54) is 22.4 Å². The molecule has 4 aromatic rings. The first-order valence-corrected chi connectivity index (χ1v) is 8.18. The molecule has 22 heavy (non-hydrogen) atoms. The fourth-order valence-corrected chi connectivity index (χ4v) is 4.03. The number of nitrogens with zero attached hydrogens (tertiary/aromatic N) is 1. The van der Waals surface area contributed by atoms with Gasteiger partial charge in [0.05, 0.1) is 10.4 Å². The van der Waals surface area contributed by atoms with Crippen LogP contribution in [0.3, 0.4) is 0 Å². The van der Waals surface area contributed by atoms with E-state index in [0.29, 0.717) is 4.88 Å². The first-order valence-electron chi connectivity index (χ1n) is 6.98. The van der Waals surface area contributed by atoms with Gasteiger partial charge in [-0.05, 0) is 29.3 Å². The molecule has 2 aromatic heterocycles. The minimum atomic E-state index is -0.392. The van der Waals surface area contributed by atoms with E-state index in [1.807, 2.05) is 36.4 Å². The number of hydrogen-bond donors (Lipinski definition) is 0. The maximum atomic E-state index is 11.5. The molecule has 0 amide bonds. The van der Waals surface area contributed by atoms with Crippen molar-refractivity contribution < 1.29 is 4.79 Å². The number of fused-ring (bicyclic) bond motifs is 3. The third kappa shape index (κ3) is 2.14. The first kappa shape index (κ1) is 13.6. The average molecular weight is 326 g/mol. The van der Waals surface area contributed by atoms with E-state index in [0.717, 1.165) is 22.1 Å². The van der Waals surface area contributed by atoms with Crippen LogP contribution in [0, 0.1) is 0 Å². The minimum Gasteiger partial charge on any atom is -0.328 e. The quantitative estimate of drug-likeness (QED) is 0.469. The van der Waals surface area contributed by atoms with Gasteiger partial charge in [-0.25, -0.2) is 0 Å². The van der Waals surface area contributed by atoms with Crippen LogP contribution >= 0.6 is 22.9 Å². The van der Waals surface area contributed by atoms with Crippen LogP contribution in [0.1, 0.15) is 15.2 Å². The van der Waals surface area contributed by atoms with E-state index >= 15 is 0 Å². The van der Waals surface area contributed by atoms with Gasteiger partial charge in [-0.15, -0.1) is 11.3 Å². The zero-order valence-corrected chi connectivity index (χ0v) is 13.2. The molecule has 0 saturated heterocycles. The van der Waals surface area contributed by atoms with Crippen LogP contribution in [0.4, 0.5) is 0 Å². The van der Waals surface area contributed by atoms with E-state index in [9.17, 15) is 4.79 Å². The fraction of sp³-hybridized carbons (Fsp3) is 0.0556. The van der Waals surface area contributed by atoms with Gasteiger partial charge in [-0.2, -0.15) is 0 Å². The summed E-state index contributed by atoms with van der Waals surface area (Å²) < 4.78 is 2.26.